The smallest absolute Gasteiger partial charge is 0.255 e. The molecule has 3 N–H and O–H groups in total. The highest BCUT2D eigenvalue weighted by Crippen LogP contribution is 2.31. The molecule has 0 heterocycles. The van der Waals surface area contributed by atoms with E-state index in [0.29, 0.717) is 10.6 Å². The van der Waals surface area contributed by atoms with E-state index in [9.17, 15) is 16.8 Å². The quantitative estimate of drug-likeness (QED) is 0.787. The Morgan fingerprint density at radius 2 is 1.62 bits per heavy atom. The molecule has 1 aliphatic rings. The fourth-order valence-corrected chi connectivity index (χ4v) is 4.64. The van der Waals surface area contributed by atoms with Gasteiger partial charge in [0.2, 0.25) is 10.0 Å². The van der Waals surface area contributed by atoms with Crippen LogP contribution in [0.1, 0.15) is 23.1 Å². The van der Waals surface area contributed by atoms with Crippen molar-refractivity contribution in [3.05, 3.63) is 63.5 Å². The van der Waals surface area contributed by atoms with Crippen LogP contribution in [0.2, 0.25) is 5.02 Å². The van der Waals surface area contributed by atoms with Crippen molar-refractivity contribution in [1.82, 2.24) is 0 Å². The Labute approximate surface area is 157 Å². The van der Waals surface area contributed by atoms with Crippen molar-refractivity contribution in [3.8, 4) is 0 Å². The van der Waals surface area contributed by atoms with Crippen LogP contribution in [0.5, 0.6) is 0 Å². The molecule has 0 radical (unpaired) electrons. The highest BCUT2D eigenvalue weighted by molar-refractivity contribution is 7.95. The van der Waals surface area contributed by atoms with Crippen LogP contribution in [0.3, 0.4) is 0 Å². The summed E-state index contributed by atoms with van der Waals surface area (Å²) in [6.45, 7) is 0. The second-order valence-corrected chi connectivity index (χ2v) is 9.55. The number of nitrogens with two attached hydrogens (primary N) is 1. The largest absolute Gasteiger partial charge is 0.279 e. The van der Waals surface area contributed by atoms with Crippen molar-refractivity contribution in [2.24, 2.45) is 5.14 Å². The van der Waals surface area contributed by atoms with Gasteiger partial charge >= 0.3 is 0 Å². The summed E-state index contributed by atoms with van der Waals surface area (Å²) in [5, 5.41) is 6.77. The molecule has 0 unspecified atom stereocenters. The van der Waals surface area contributed by atoms with Crippen LogP contribution in [-0.4, -0.2) is 16.8 Å². The molecule has 0 aromatic heterocycles. The fraction of sp³-hybridized carbons (Fsp3) is 0.176. The Hall–Kier alpha value is -1.87. The molecule has 0 amide bonds. The van der Waals surface area contributed by atoms with E-state index in [-0.39, 0.29) is 10.6 Å². The van der Waals surface area contributed by atoms with Gasteiger partial charge < -0.3 is 0 Å². The van der Waals surface area contributed by atoms with Crippen LogP contribution in [0.25, 0.3) is 6.08 Å². The number of anilines is 1. The van der Waals surface area contributed by atoms with Crippen molar-refractivity contribution in [1.29, 1.82) is 0 Å². The first-order valence-corrected chi connectivity index (χ1v) is 11.3. The van der Waals surface area contributed by atoms with E-state index in [0.717, 1.165) is 35.8 Å². The minimum absolute atomic E-state index is 0.0334. The van der Waals surface area contributed by atoms with Crippen molar-refractivity contribution >= 4 is 43.4 Å². The number of hydrogen-bond acceptors (Lipinski definition) is 4. The molecule has 9 heteroatoms. The number of halogens is 1. The summed E-state index contributed by atoms with van der Waals surface area (Å²) in [6.07, 6.45) is 3.81. The number of aryl methyl sites for hydroxylation is 2. The molecular formula is C17H17ClN2O4S2. The van der Waals surface area contributed by atoms with E-state index in [4.69, 9.17) is 16.7 Å². The van der Waals surface area contributed by atoms with Crippen LogP contribution < -0.4 is 9.86 Å². The van der Waals surface area contributed by atoms with Gasteiger partial charge in [-0.2, -0.15) is 0 Å². The molecular weight excluding hydrogens is 396 g/mol. The second kappa shape index (κ2) is 7.03. The lowest BCUT2D eigenvalue weighted by molar-refractivity contribution is 0.598. The van der Waals surface area contributed by atoms with Gasteiger partial charge in [0, 0.05) is 5.02 Å². The van der Waals surface area contributed by atoms with Gasteiger partial charge in [-0.3, -0.25) is 4.72 Å². The van der Waals surface area contributed by atoms with Gasteiger partial charge in [0.15, 0.2) is 0 Å². The maximum absolute atomic E-state index is 12.4. The standard InChI is InChI=1S/C17H17ClN2O4S2/c18-15-6-4-12(5-7-15)8-9-25(21,22)20-16-10-13-2-1-3-14(13)11-17(16)26(19,23)24/h4-11,20H,1-3H2,(H2,19,23,24)/b9-8+. The first-order chi connectivity index (χ1) is 12.1. The van der Waals surface area contributed by atoms with Crippen LogP contribution in [0, 0.1) is 0 Å². The van der Waals surface area contributed by atoms with E-state index in [1.807, 2.05) is 0 Å². The SMILES string of the molecule is NS(=O)(=O)c1cc2c(cc1NS(=O)(=O)/C=C/c1ccc(Cl)cc1)CCC2. The molecule has 0 saturated heterocycles. The zero-order valence-electron chi connectivity index (χ0n) is 13.6. The third kappa shape index (κ3) is 4.45. The van der Waals surface area contributed by atoms with Gasteiger partial charge in [-0.05, 0) is 66.3 Å². The van der Waals surface area contributed by atoms with Gasteiger partial charge in [0.05, 0.1) is 11.1 Å². The first-order valence-electron chi connectivity index (χ1n) is 7.79. The summed E-state index contributed by atoms with van der Waals surface area (Å²) in [4.78, 5) is -0.221. The van der Waals surface area contributed by atoms with Crippen LogP contribution >= 0.6 is 11.6 Å². The average molecular weight is 413 g/mol. The predicted octanol–water partition coefficient (Wildman–Crippen LogP) is 2.89. The topological polar surface area (TPSA) is 106 Å². The maximum Gasteiger partial charge on any atom is 0.255 e. The number of primary sulfonamides is 1. The Bertz CT molecular complexity index is 1080. The third-order valence-corrected chi connectivity index (χ3v) is 6.26. The Kier molecular flexibility index (Phi) is 5.12. The van der Waals surface area contributed by atoms with Gasteiger partial charge in [-0.1, -0.05) is 23.7 Å². The summed E-state index contributed by atoms with van der Waals surface area (Å²) in [6, 6.07) is 9.62. The number of hydrogen-bond donors (Lipinski definition) is 2. The van der Waals surface area contributed by atoms with Gasteiger partial charge in [-0.25, -0.2) is 22.0 Å². The molecule has 2 aromatic carbocycles. The van der Waals surface area contributed by atoms with E-state index >= 15 is 0 Å². The zero-order chi connectivity index (χ0) is 18.9. The van der Waals surface area contributed by atoms with E-state index < -0.39 is 20.0 Å². The lowest BCUT2D eigenvalue weighted by atomic mass is 10.1. The van der Waals surface area contributed by atoms with E-state index in [2.05, 4.69) is 4.72 Å². The summed E-state index contributed by atoms with van der Waals surface area (Å²) < 4.78 is 50.8. The molecule has 138 valence electrons. The van der Waals surface area contributed by atoms with Crippen molar-refractivity contribution in [2.45, 2.75) is 24.2 Å². The van der Waals surface area contributed by atoms with Gasteiger partial charge in [-0.15, -0.1) is 0 Å². The highest BCUT2D eigenvalue weighted by Gasteiger charge is 2.22. The average Bonchev–Trinajstić information content (AvgIpc) is 3.00. The second-order valence-electron chi connectivity index (χ2n) is 6.02. The van der Waals surface area contributed by atoms with Gasteiger partial charge in [0.1, 0.15) is 4.90 Å². The normalized spacial score (nSPS) is 14.5. The fourth-order valence-electron chi connectivity index (χ4n) is 2.85. The lowest BCUT2D eigenvalue weighted by Gasteiger charge is -2.12. The molecule has 0 saturated carbocycles. The van der Waals surface area contributed by atoms with Gasteiger partial charge in [0.25, 0.3) is 10.0 Å². The minimum Gasteiger partial charge on any atom is -0.279 e. The lowest BCUT2D eigenvalue weighted by Crippen LogP contribution is -2.18. The molecule has 0 bridgehead atoms. The number of sulfonamides is 2. The predicted molar refractivity (Wildman–Crippen MR) is 103 cm³/mol. The summed E-state index contributed by atoms with van der Waals surface area (Å²) in [7, 11) is -7.99. The minimum atomic E-state index is -4.07. The van der Waals surface area contributed by atoms with Crippen molar-refractivity contribution < 1.29 is 16.8 Å². The Balaban J connectivity index is 1.93. The van der Waals surface area contributed by atoms with Crippen LogP contribution in [-0.2, 0) is 32.9 Å². The molecule has 0 fully saturated rings. The number of benzene rings is 2. The first kappa shape index (κ1) is 18.9. The van der Waals surface area contributed by atoms with Crippen LogP contribution in [0.4, 0.5) is 5.69 Å². The molecule has 2 aromatic rings. The monoisotopic (exact) mass is 412 g/mol. The Morgan fingerprint density at radius 3 is 2.23 bits per heavy atom. The zero-order valence-corrected chi connectivity index (χ0v) is 16.0. The highest BCUT2D eigenvalue weighted by atomic mass is 35.5. The molecule has 6 nitrogen and oxygen atoms in total. The molecule has 1 aliphatic carbocycles. The molecule has 3 rings (SSSR count). The van der Waals surface area contributed by atoms with Crippen LogP contribution in [0.15, 0.2) is 46.7 Å². The molecule has 0 atom stereocenters. The third-order valence-electron chi connectivity index (χ3n) is 4.06. The van der Waals surface area contributed by atoms with E-state index in [1.165, 1.54) is 12.1 Å². The van der Waals surface area contributed by atoms with Crippen molar-refractivity contribution in [3.63, 3.8) is 0 Å². The number of nitrogens with one attached hydrogen (secondary N) is 1. The number of rotatable bonds is 5. The molecule has 0 aliphatic heterocycles. The summed E-state index contributed by atoms with van der Waals surface area (Å²) >= 11 is 5.79. The summed E-state index contributed by atoms with van der Waals surface area (Å²) in [5.41, 5.74) is 2.42. The number of fused-ring (bicyclic) bond motifs is 1. The Morgan fingerprint density at radius 1 is 1.00 bits per heavy atom. The molecule has 26 heavy (non-hydrogen) atoms. The summed E-state index contributed by atoms with van der Waals surface area (Å²) in [5.74, 6) is 0. The molecule has 0 spiro atoms. The maximum atomic E-state index is 12.4. The van der Waals surface area contributed by atoms with Crippen molar-refractivity contribution in [2.75, 3.05) is 4.72 Å². The van der Waals surface area contributed by atoms with E-state index in [1.54, 1.807) is 30.3 Å².